The lowest BCUT2D eigenvalue weighted by Gasteiger charge is -2.01. The number of esters is 1. The van der Waals surface area contributed by atoms with E-state index in [2.05, 4.69) is 4.74 Å². The Balaban J connectivity index is 3.27. The van der Waals surface area contributed by atoms with Gasteiger partial charge in [-0.3, -0.25) is 10.1 Å². The first-order chi connectivity index (χ1) is 8.10. The van der Waals surface area contributed by atoms with E-state index in [0.717, 1.165) is 12.1 Å². The number of carbonyl (C=O) groups is 1. The molecule has 0 N–H and O–H groups in total. The maximum atomic E-state index is 11.2. The van der Waals surface area contributed by atoms with Crippen LogP contribution in [0.3, 0.4) is 0 Å². The number of nitro groups is 1. The molecule has 0 aliphatic heterocycles. The van der Waals surface area contributed by atoms with E-state index in [1.807, 2.05) is 0 Å². The van der Waals surface area contributed by atoms with Crippen molar-refractivity contribution in [3.05, 3.63) is 45.5 Å². The molecule has 1 aromatic rings. The summed E-state index contributed by atoms with van der Waals surface area (Å²) in [4.78, 5) is 21.4. The minimum absolute atomic E-state index is 0.0910. The normalized spacial score (nSPS) is 9.88. The van der Waals surface area contributed by atoms with E-state index >= 15 is 0 Å². The zero-order chi connectivity index (χ0) is 12.8. The van der Waals surface area contributed by atoms with Gasteiger partial charge in [0.2, 0.25) is 0 Å². The summed E-state index contributed by atoms with van der Waals surface area (Å²) in [5.41, 5.74) is 0.0944. The number of hydrogen-bond acceptors (Lipinski definition) is 5. The summed E-state index contributed by atoms with van der Waals surface area (Å²) in [6.07, 6.45) is 2.43. The molecule has 1 aromatic carbocycles. The smallest absolute Gasteiger partial charge is 0.338 e. The fourth-order valence-electron chi connectivity index (χ4n) is 1.21. The Hall–Kier alpha value is -2.68. The largest absolute Gasteiger partial charge is 0.465 e. The molecule has 0 atom stereocenters. The molecule has 0 heterocycles. The van der Waals surface area contributed by atoms with Crippen LogP contribution in [0.15, 0.2) is 24.3 Å². The van der Waals surface area contributed by atoms with Crippen molar-refractivity contribution in [3.8, 4) is 6.07 Å². The zero-order valence-corrected chi connectivity index (χ0v) is 8.91. The van der Waals surface area contributed by atoms with Crippen LogP contribution in [0.1, 0.15) is 15.9 Å². The fraction of sp³-hybridized carbons (Fsp3) is 0.0909. The standard InChI is InChI=1S/C11H8N2O4/c1-17-11(14)9-5-4-8(3-2-6-12)10(7-9)13(15)16/h2-5,7H,1H3/b3-2+. The number of nitriles is 1. The minimum atomic E-state index is -0.649. The molecule has 0 aliphatic rings. The summed E-state index contributed by atoms with van der Waals surface area (Å²) < 4.78 is 4.46. The highest BCUT2D eigenvalue weighted by molar-refractivity contribution is 5.90. The summed E-state index contributed by atoms with van der Waals surface area (Å²) in [7, 11) is 1.19. The van der Waals surface area contributed by atoms with Crippen molar-refractivity contribution in [2.24, 2.45) is 0 Å². The Morgan fingerprint density at radius 1 is 1.59 bits per heavy atom. The van der Waals surface area contributed by atoms with Crippen LogP contribution in [-0.4, -0.2) is 18.0 Å². The van der Waals surface area contributed by atoms with Crippen molar-refractivity contribution >= 4 is 17.7 Å². The number of ether oxygens (including phenoxy) is 1. The number of benzene rings is 1. The lowest BCUT2D eigenvalue weighted by molar-refractivity contribution is -0.385. The van der Waals surface area contributed by atoms with Gasteiger partial charge < -0.3 is 4.74 Å². The van der Waals surface area contributed by atoms with E-state index in [0.29, 0.717) is 0 Å². The molecule has 0 amide bonds. The summed E-state index contributed by atoms with van der Waals surface area (Å²) in [5.74, 6) is -0.649. The Bertz CT molecular complexity index is 529. The molecule has 0 fully saturated rings. The summed E-state index contributed by atoms with van der Waals surface area (Å²) in [5, 5.41) is 19.1. The summed E-state index contributed by atoms with van der Waals surface area (Å²) >= 11 is 0. The van der Waals surface area contributed by atoms with Crippen LogP contribution in [0.5, 0.6) is 0 Å². The van der Waals surface area contributed by atoms with Crippen molar-refractivity contribution in [1.29, 1.82) is 5.26 Å². The van der Waals surface area contributed by atoms with E-state index in [-0.39, 0.29) is 16.8 Å². The molecule has 17 heavy (non-hydrogen) atoms. The van der Waals surface area contributed by atoms with Crippen molar-refractivity contribution < 1.29 is 14.5 Å². The SMILES string of the molecule is COC(=O)c1ccc(/C=C/C#N)c([N+](=O)[O-])c1. The van der Waals surface area contributed by atoms with E-state index in [1.54, 1.807) is 6.07 Å². The molecular formula is C11H8N2O4. The van der Waals surface area contributed by atoms with Gasteiger partial charge in [-0.1, -0.05) is 0 Å². The molecule has 0 spiro atoms. The molecule has 0 aliphatic carbocycles. The van der Waals surface area contributed by atoms with Crippen LogP contribution < -0.4 is 0 Å². The maximum Gasteiger partial charge on any atom is 0.338 e. The highest BCUT2D eigenvalue weighted by atomic mass is 16.6. The average molecular weight is 232 g/mol. The van der Waals surface area contributed by atoms with E-state index in [4.69, 9.17) is 5.26 Å². The highest BCUT2D eigenvalue weighted by Gasteiger charge is 2.16. The van der Waals surface area contributed by atoms with Gasteiger partial charge >= 0.3 is 5.97 Å². The molecule has 0 bridgehead atoms. The lowest BCUT2D eigenvalue weighted by atomic mass is 10.1. The van der Waals surface area contributed by atoms with Crippen molar-refractivity contribution in [1.82, 2.24) is 0 Å². The topological polar surface area (TPSA) is 93.2 Å². The molecule has 0 saturated heterocycles. The Kier molecular flexibility index (Phi) is 3.95. The molecule has 0 radical (unpaired) electrons. The average Bonchev–Trinajstić information content (AvgIpc) is 2.35. The number of hydrogen-bond donors (Lipinski definition) is 0. The maximum absolute atomic E-state index is 11.2. The molecule has 0 unspecified atom stereocenters. The van der Waals surface area contributed by atoms with Gasteiger partial charge in [0.1, 0.15) is 0 Å². The first-order valence-corrected chi connectivity index (χ1v) is 4.53. The second kappa shape index (κ2) is 5.42. The first-order valence-electron chi connectivity index (χ1n) is 4.53. The van der Waals surface area contributed by atoms with Gasteiger partial charge in [-0.15, -0.1) is 0 Å². The Morgan fingerprint density at radius 3 is 2.82 bits per heavy atom. The Labute approximate surface area is 96.9 Å². The molecule has 0 aromatic heterocycles. The zero-order valence-electron chi connectivity index (χ0n) is 8.91. The molecule has 6 heteroatoms. The monoisotopic (exact) mass is 232 g/mol. The van der Waals surface area contributed by atoms with Crippen molar-refractivity contribution in [2.75, 3.05) is 7.11 Å². The van der Waals surface area contributed by atoms with Crippen LogP contribution in [-0.2, 0) is 4.74 Å². The van der Waals surface area contributed by atoms with Gasteiger partial charge in [0.25, 0.3) is 5.69 Å². The van der Waals surface area contributed by atoms with E-state index in [1.165, 1.54) is 25.3 Å². The predicted molar refractivity (Wildman–Crippen MR) is 59.1 cm³/mol. The van der Waals surface area contributed by atoms with Crippen LogP contribution in [0.25, 0.3) is 6.08 Å². The van der Waals surface area contributed by atoms with Crippen LogP contribution in [0.4, 0.5) is 5.69 Å². The molecule has 1 rings (SSSR count). The second-order valence-electron chi connectivity index (χ2n) is 2.98. The van der Waals surface area contributed by atoms with Gasteiger partial charge in [-0.05, 0) is 18.2 Å². The van der Waals surface area contributed by atoms with Gasteiger partial charge in [0.15, 0.2) is 0 Å². The van der Waals surface area contributed by atoms with Crippen LogP contribution in [0, 0.1) is 21.4 Å². The van der Waals surface area contributed by atoms with Crippen molar-refractivity contribution in [3.63, 3.8) is 0 Å². The van der Waals surface area contributed by atoms with E-state index in [9.17, 15) is 14.9 Å². The third kappa shape index (κ3) is 2.89. The van der Waals surface area contributed by atoms with Gasteiger partial charge in [0, 0.05) is 12.1 Å². The summed E-state index contributed by atoms with van der Waals surface area (Å²) in [6, 6.07) is 5.64. The number of nitrogens with zero attached hydrogens (tertiary/aromatic N) is 2. The number of rotatable bonds is 3. The first kappa shape index (κ1) is 12.4. The molecule has 6 nitrogen and oxygen atoms in total. The number of methoxy groups -OCH3 is 1. The lowest BCUT2D eigenvalue weighted by Crippen LogP contribution is -2.02. The molecular weight excluding hydrogens is 224 g/mol. The molecule has 0 saturated carbocycles. The van der Waals surface area contributed by atoms with Crippen LogP contribution in [0.2, 0.25) is 0 Å². The third-order valence-electron chi connectivity index (χ3n) is 1.99. The van der Waals surface area contributed by atoms with Gasteiger partial charge in [-0.2, -0.15) is 5.26 Å². The number of allylic oxidation sites excluding steroid dienone is 1. The third-order valence-corrected chi connectivity index (χ3v) is 1.99. The van der Waals surface area contributed by atoms with Gasteiger partial charge in [0.05, 0.1) is 29.2 Å². The predicted octanol–water partition coefficient (Wildman–Crippen LogP) is 1.92. The number of nitro benzene ring substituents is 1. The van der Waals surface area contributed by atoms with Crippen LogP contribution >= 0.6 is 0 Å². The summed E-state index contributed by atoms with van der Waals surface area (Å²) in [6.45, 7) is 0. The molecule has 86 valence electrons. The minimum Gasteiger partial charge on any atom is -0.465 e. The van der Waals surface area contributed by atoms with Gasteiger partial charge in [-0.25, -0.2) is 4.79 Å². The Morgan fingerprint density at radius 2 is 2.29 bits per heavy atom. The van der Waals surface area contributed by atoms with E-state index < -0.39 is 10.9 Å². The fourth-order valence-corrected chi connectivity index (χ4v) is 1.21. The quantitative estimate of drug-likeness (QED) is 0.343. The van der Waals surface area contributed by atoms with Crippen molar-refractivity contribution in [2.45, 2.75) is 0 Å². The second-order valence-corrected chi connectivity index (χ2v) is 2.98. The number of carbonyl (C=O) groups excluding carboxylic acids is 1. The highest BCUT2D eigenvalue weighted by Crippen LogP contribution is 2.22.